The summed E-state index contributed by atoms with van der Waals surface area (Å²) in [6.45, 7) is 6.45. The lowest BCUT2D eigenvalue weighted by Gasteiger charge is -2.06. The average Bonchev–Trinajstić information content (AvgIpc) is 3.18. The second kappa shape index (κ2) is 5.64. The topological polar surface area (TPSA) is 34.6 Å². The Morgan fingerprint density at radius 2 is 1.54 bits per heavy atom. The molecule has 4 heteroatoms. The van der Waals surface area contributed by atoms with Gasteiger partial charge in [0.2, 0.25) is 0 Å². The van der Waals surface area contributed by atoms with Crippen molar-refractivity contribution in [3.63, 3.8) is 0 Å². The van der Waals surface area contributed by atoms with Crippen LogP contribution in [0.3, 0.4) is 0 Å². The number of aromatic nitrogens is 4. The van der Waals surface area contributed by atoms with Crippen LogP contribution in [0, 0.1) is 13.8 Å². The van der Waals surface area contributed by atoms with E-state index in [-0.39, 0.29) is 5.92 Å². The molecule has 0 bridgehead atoms. The summed E-state index contributed by atoms with van der Waals surface area (Å²) in [4.78, 5) is 0. The van der Waals surface area contributed by atoms with E-state index < -0.39 is 0 Å². The number of hydrogen-bond donors (Lipinski definition) is 0. The summed E-state index contributed by atoms with van der Waals surface area (Å²) in [5, 5.41) is 8.91. The Hall–Kier alpha value is -2.88. The number of nitrogens with zero attached hydrogens (tertiary/aromatic N) is 4. The first kappa shape index (κ1) is 14.7. The molecule has 0 aliphatic heterocycles. The molecule has 4 nitrogen and oxygen atoms in total. The van der Waals surface area contributed by atoms with Gasteiger partial charge >= 0.3 is 0 Å². The summed E-state index contributed by atoms with van der Waals surface area (Å²) in [6.07, 6.45) is 12.3. The molecule has 24 heavy (non-hydrogen) atoms. The molecule has 0 amide bonds. The predicted molar refractivity (Wildman–Crippen MR) is 97.3 cm³/mol. The van der Waals surface area contributed by atoms with Crippen molar-refractivity contribution in [2.45, 2.75) is 26.7 Å². The Balaban J connectivity index is 1.72. The van der Waals surface area contributed by atoms with Gasteiger partial charge in [-0.05, 0) is 37.1 Å². The molecule has 1 atom stereocenters. The largest absolute Gasteiger partial charge is 0.240 e. The highest BCUT2D eigenvalue weighted by molar-refractivity contribution is 5.72. The van der Waals surface area contributed by atoms with Crippen LogP contribution in [0.15, 0.2) is 55.1 Å². The summed E-state index contributed by atoms with van der Waals surface area (Å²) in [5.74, 6) is 0.280. The third-order valence-electron chi connectivity index (χ3n) is 4.60. The van der Waals surface area contributed by atoms with Gasteiger partial charge in [0, 0.05) is 29.4 Å². The monoisotopic (exact) mass is 316 g/mol. The Bertz CT molecular complexity index is 1050. The van der Waals surface area contributed by atoms with Gasteiger partial charge in [-0.2, -0.15) is 10.2 Å². The molecular formula is C20H20N4. The number of hydrogen-bond acceptors (Lipinski definition) is 2. The first-order valence-electron chi connectivity index (χ1n) is 8.19. The van der Waals surface area contributed by atoms with Crippen molar-refractivity contribution < 1.29 is 0 Å². The van der Waals surface area contributed by atoms with Crippen molar-refractivity contribution in [3.8, 4) is 0 Å². The van der Waals surface area contributed by atoms with Gasteiger partial charge < -0.3 is 0 Å². The van der Waals surface area contributed by atoms with Crippen LogP contribution in [0.5, 0.6) is 0 Å². The fourth-order valence-electron chi connectivity index (χ4n) is 3.30. The third kappa shape index (κ3) is 2.31. The van der Waals surface area contributed by atoms with Crippen LogP contribution in [-0.2, 0) is 0 Å². The Morgan fingerprint density at radius 1 is 0.917 bits per heavy atom. The molecule has 120 valence electrons. The van der Waals surface area contributed by atoms with Gasteiger partial charge in [0.1, 0.15) is 0 Å². The van der Waals surface area contributed by atoms with Crippen molar-refractivity contribution in [1.29, 1.82) is 0 Å². The highest BCUT2D eigenvalue weighted by atomic mass is 15.2. The number of allylic oxidation sites excluding steroid dienone is 1. The maximum atomic E-state index is 4.48. The van der Waals surface area contributed by atoms with E-state index in [0.29, 0.717) is 0 Å². The summed E-state index contributed by atoms with van der Waals surface area (Å²) < 4.78 is 3.88. The summed E-state index contributed by atoms with van der Waals surface area (Å²) in [6, 6.07) is 8.30. The Kier molecular flexibility index (Phi) is 3.45. The van der Waals surface area contributed by atoms with E-state index in [4.69, 9.17) is 0 Å². The standard InChI is InChI=1S/C20H20N4/c1-14(18-13-22-24-11-5-7-16(3)20(18)24)8-9-17-12-21-23-10-4-6-15(2)19(17)23/h4-14H,1-3H3/b9-8+. The fourth-order valence-corrected chi connectivity index (χ4v) is 3.30. The highest BCUT2D eigenvalue weighted by Gasteiger charge is 2.11. The number of fused-ring (bicyclic) bond motifs is 2. The number of aryl methyl sites for hydroxylation is 2. The molecule has 0 aliphatic carbocycles. The molecule has 0 N–H and O–H groups in total. The van der Waals surface area contributed by atoms with E-state index in [2.05, 4.69) is 55.3 Å². The molecule has 0 spiro atoms. The molecule has 1 unspecified atom stereocenters. The van der Waals surface area contributed by atoms with Crippen LogP contribution in [-0.4, -0.2) is 19.2 Å². The van der Waals surface area contributed by atoms with Crippen LogP contribution in [0.2, 0.25) is 0 Å². The smallest absolute Gasteiger partial charge is 0.0763 e. The predicted octanol–water partition coefficient (Wildman–Crippen LogP) is 4.42. The van der Waals surface area contributed by atoms with E-state index in [9.17, 15) is 0 Å². The zero-order valence-corrected chi connectivity index (χ0v) is 14.1. The van der Waals surface area contributed by atoms with Gasteiger partial charge in [0.15, 0.2) is 0 Å². The van der Waals surface area contributed by atoms with E-state index in [1.54, 1.807) is 0 Å². The molecule has 0 radical (unpaired) electrons. The Morgan fingerprint density at radius 3 is 2.29 bits per heavy atom. The molecule has 4 rings (SSSR count). The highest BCUT2D eigenvalue weighted by Crippen LogP contribution is 2.26. The summed E-state index contributed by atoms with van der Waals surface area (Å²) >= 11 is 0. The van der Waals surface area contributed by atoms with Crippen LogP contribution in [0.1, 0.15) is 35.1 Å². The van der Waals surface area contributed by atoms with E-state index in [1.807, 2.05) is 46.0 Å². The second-order valence-corrected chi connectivity index (χ2v) is 6.32. The van der Waals surface area contributed by atoms with E-state index >= 15 is 0 Å². The van der Waals surface area contributed by atoms with Crippen molar-refractivity contribution in [2.75, 3.05) is 0 Å². The van der Waals surface area contributed by atoms with Crippen LogP contribution < -0.4 is 0 Å². The molecule has 0 fully saturated rings. The van der Waals surface area contributed by atoms with E-state index in [1.165, 1.54) is 22.2 Å². The molecule has 0 aliphatic rings. The molecular weight excluding hydrogens is 296 g/mol. The minimum Gasteiger partial charge on any atom is -0.240 e. The zero-order valence-electron chi connectivity index (χ0n) is 14.1. The van der Waals surface area contributed by atoms with Crippen LogP contribution in [0.4, 0.5) is 0 Å². The molecule has 0 aromatic carbocycles. The first-order valence-corrected chi connectivity index (χ1v) is 8.19. The van der Waals surface area contributed by atoms with Crippen LogP contribution in [0.25, 0.3) is 17.1 Å². The molecule has 4 aromatic rings. The lowest BCUT2D eigenvalue weighted by molar-refractivity contribution is 0.956. The minimum atomic E-state index is 0.280. The van der Waals surface area contributed by atoms with Gasteiger partial charge in [0.05, 0.1) is 23.4 Å². The average molecular weight is 316 g/mol. The fraction of sp³-hybridized carbons (Fsp3) is 0.200. The van der Waals surface area contributed by atoms with E-state index in [0.717, 1.165) is 11.1 Å². The van der Waals surface area contributed by atoms with Gasteiger partial charge in [-0.15, -0.1) is 0 Å². The second-order valence-electron chi connectivity index (χ2n) is 6.32. The van der Waals surface area contributed by atoms with Crippen molar-refractivity contribution in [2.24, 2.45) is 0 Å². The summed E-state index contributed by atoms with van der Waals surface area (Å²) in [7, 11) is 0. The first-order chi connectivity index (χ1) is 11.6. The maximum absolute atomic E-state index is 4.48. The van der Waals surface area contributed by atoms with Gasteiger partial charge in [0.25, 0.3) is 0 Å². The maximum Gasteiger partial charge on any atom is 0.0763 e. The SMILES string of the molecule is Cc1cccn2ncc(/C=C/C(C)c3cnn4cccc(C)c34)c12. The van der Waals surface area contributed by atoms with Gasteiger partial charge in [-0.25, -0.2) is 9.03 Å². The molecule has 4 heterocycles. The van der Waals surface area contributed by atoms with Gasteiger partial charge in [-0.1, -0.05) is 31.2 Å². The summed E-state index contributed by atoms with van der Waals surface area (Å²) in [5.41, 5.74) is 7.24. The Labute approximate surface area is 141 Å². The lowest BCUT2D eigenvalue weighted by atomic mass is 9.99. The van der Waals surface area contributed by atoms with Crippen molar-refractivity contribution >= 4 is 17.1 Å². The minimum absolute atomic E-state index is 0.280. The zero-order chi connectivity index (χ0) is 16.7. The normalized spacial score (nSPS) is 13.3. The quantitative estimate of drug-likeness (QED) is 0.561. The van der Waals surface area contributed by atoms with Crippen molar-refractivity contribution in [1.82, 2.24) is 19.2 Å². The third-order valence-corrected chi connectivity index (χ3v) is 4.60. The number of pyridine rings is 2. The molecule has 0 saturated carbocycles. The van der Waals surface area contributed by atoms with Crippen molar-refractivity contribution in [3.05, 3.63) is 77.4 Å². The molecule has 4 aromatic heterocycles. The molecule has 0 saturated heterocycles. The van der Waals surface area contributed by atoms with Gasteiger partial charge in [-0.3, -0.25) is 0 Å². The van der Waals surface area contributed by atoms with Crippen LogP contribution >= 0.6 is 0 Å². The lowest BCUT2D eigenvalue weighted by Crippen LogP contribution is -1.92. The number of rotatable bonds is 3.